The van der Waals surface area contributed by atoms with Gasteiger partial charge in [0.1, 0.15) is 11.6 Å². The molecule has 6 heteroatoms. The molecule has 0 radical (unpaired) electrons. The Morgan fingerprint density at radius 3 is 2.45 bits per heavy atom. The number of carbonyl (C=O) groups is 1. The van der Waals surface area contributed by atoms with Crippen molar-refractivity contribution in [1.82, 2.24) is 5.32 Å². The van der Waals surface area contributed by atoms with E-state index in [-0.39, 0.29) is 23.7 Å². The number of amides is 1. The molecule has 20 heavy (non-hydrogen) atoms. The quantitative estimate of drug-likeness (QED) is 0.701. The molecule has 0 aromatic heterocycles. The predicted molar refractivity (Wildman–Crippen MR) is 73.2 cm³/mol. The molecule has 1 aromatic carbocycles. The number of aliphatic hydroxyl groups excluding tert-OH is 1. The van der Waals surface area contributed by atoms with Crippen molar-refractivity contribution in [2.24, 2.45) is 5.92 Å². The summed E-state index contributed by atoms with van der Waals surface area (Å²) in [5, 5.41) is 12.3. The van der Waals surface area contributed by atoms with E-state index < -0.39 is 23.6 Å². The third kappa shape index (κ3) is 3.90. The lowest BCUT2D eigenvalue weighted by atomic mass is 9.96. The molecule has 1 aromatic rings. The number of nitrogen functional groups attached to an aromatic ring is 1. The summed E-state index contributed by atoms with van der Waals surface area (Å²) in [5.74, 6) is -2.54. The number of nitrogens with one attached hydrogen (secondary N) is 1. The molecule has 0 spiro atoms. The number of carbonyl (C=O) groups excluding carboxylic acids is 1. The second-order valence-electron chi connectivity index (χ2n) is 4.71. The maximum Gasteiger partial charge on any atom is 0.254 e. The van der Waals surface area contributed by atoms with Gasteiger partial charge in [0.15, 0.2) is 0 Å². The van der Waals surface area contributed by atoms with Crippen molar-refractivity contribution in [2.45, 2.75) is 32.8 Å². The number of benzene rings is 1. The summed E-state index contributed by atoms with van der Waals surface area (Å²) in [7, 11) is 0. The second kappa shape index (κ2) is 7.19. The average molecular weight is 286 g/mol. The van der Waals surface area contributed by atoms with Crippen molar-refractivity contribution in [3.05, 3.63) is 29.3 Å². The van der Waals surface area contributed by atoms with Crippen molar-refractivity contribution in [1.29, 1.82) is 0 Å². The van der Waals surface area contributed by atoms with Crippen LogP contribution < -0.4 is 11.1 Å². The molecule has 0 aliphatic carbocycles. The summed E-state index contributed by atoms with van der Waals surface area (Å²) in [6.07, 6.45) is 0.867. The highest BCUT2D eigenvalue weighted by Gasteiger charge is 2.19. The minimum atomic E-state index is -0.980. The van der Waals surface area contributed by atoms with E-state index in [1.165, 1.54) is 0 Å². The van der Waals surface area contributed by atoms with E-state index in [4.69, 9.17) is 5.73 Å². The molecule has 4 N–H and O–H groups in total. The van der Waals surface area contributed by atoms with E-state index in [9.17, 15) is 18.7 Å². The highest BCUT2D eigenvalue weighted by atomic mass is 19.1. The third-order valence-corrected chi connectivity index (χ3v) is 3.40. The molecule has 1 rings (SSSR count). The van der Waals surface area contributed by atoms with Gasteiger partial charge in [0.25, 0.3) is 5.91 Å². The smallest absolute Gasteiger partial charge is 0.254 e. The van der Waals surface area contributed by atoms with Gasteiger partial charge in [0.05, 0.1) is 17.4 Å². The van der Waals surface area contributed by atoms with Gasteiger partial charge in [-0.15, -0.1) is 0 Å². The Kier molecular flexibility index (Phi) is 5.88. The summed E-state index contributed by atoms with van der Waals surface area (Å²) >= 11 is 0. The van der Waals surface area contributed by atoms with Crippen LogP contribution in [0, 0.1) is 17.6 Å². The van der Waals surface area contributed by atoms with Crippen molar-refractivity contribution in [2.75, 3.05) is 12.3 Å². The number of aliphatic hydroxyl groups is 1. The normalized spacial score (nSPS) is 12.5. The van der Waals surface area contributed by atoms with Crippen molar-refractivity contribution in [3.63, 3.8) is 0 Å². The SMILES string of the molecule is CCC(CC)C(O)CNC(=O)c1cc(N)c(F)cc1F. The van der Waals surface area contributed by atoms with E-state index in [0.29, 0.717) is 6.07 Å². The first-order valence-corrected chi connectivity index (χ1v) is 6.61. The lowest BCUT2D eigenvalue weighted by Gasteiger charge is -2.20. The first-order chi connectivity index (χ1) is 9.40. The highest BCUT2D eigenvalue weighted by molar-refractivity contribution is 5.95. The zero-order valence-corrected chi connectivity index (χ0v) is 11.6. The number of anilines is 1. The summed E-state index contributed by atoms with van der Waals surface area (Å²) in [6.45, 7) is 3.90. The molecule has 112 valence electrons. The predicted octanol–water partition coefficient (Wildman–Crippen LogP) is 2.07. The lowest BCUT2D eigenvalue weighted by Crippen LogP contribution is -2.36. The Hall–Kier alpha value is -1.69. The van der Waals surface area contributed by atoms with Crippen LogP contribution >= 0.6 is 0 Å². The van der Waals surface area contributed by atoms with E-state index in [2.05, 4.69) is 5.32 Å². The molecule has 0 heterocycles. The number of hydrogen-bond donors (Lipinski definition) is 3. The molecule has 1 unspecified atom stereocenters. The molecule has 0 aliphatic rings. The first kappa shape index (κ1) is 16.4. The Labute approximate surface area is 117 Å². The monoisotopic (exact) mass is 286 g/mol. The topological polar surface area (TPSA) is 75.3 Å². The van der Waals surface area contributed by atoms with E-state index in [0.717, 1.165) is 18.9 Å². The maximum absolute atomic E-state index is 13.5. The molecule has 0 bridgehead atoms. The highest BCUT2D eigenvalue weighted by Crippen LogP contribution is 2.17. The van der Waals surface area contributed by atoms with E-state index in [1.807, 2.05) is 13.8 Å². The number of halogens is 2. The van der Waals surface area contributed by atoms with E-state index >= 15 is 0 Å². The molecule has 1 atom stereocenters. The van der Waals surface area contributed by atoms with Gasteiger partial charge in [-0.3, -0.25) is 4.79 Å². The van der Waals surface area contributed by atoms with Gasteiger partial charge in [0, 0.05) is 12.6 Å². The standard InChI is InChI=1S/C14H20F2N2O2/c1-3-8(4-2)13(19)7-18-14(20)9-5-12(17)11(16)6-10(9)15/h5-6,8,13,19H,3-4,7,17H2,1-2H3,(H,18,20). The first-order valence-electron chi connectivity index (χ1n) is 6.61. The van der Waals surface area contributed by atoms with Crippen LogP contribution in [0.5, 0.6) is 0 Å². The van der Waals surface area contributed by atoms with Crippen LogP contribution in [0.3, 0.4) is 0 Å². The van der Waals surface area contributed by atoms with Gasteiger partial charge in [-0.25, -0.2) is 8.78 Å². The minimum absolute atomic E-state index is 0.0158. The molecule has 1 amide bonds. The van der Waals surface area contributed by atoms with Crippen LogP contribution in [0.4, 0.5) is 14.5 Å². The molecule has 0 aliphatic heterocycles. The molecule has 0 saturated heterocycles. The fraction of sp³-hybridized carbons (Fsp3) is 0.500. The van der Waals surface area contributed by atoms with Gasteiger partial charge in [-0.05, 0) is 12.0 Å². The van der Waals surface area contributed by atoms with Crippen LogP contribution in [0.15, 0.2) is 12.1 Å². The van der Waals surface area contributed by atoms with Gasteiger partial charge in [0.2, 0.25) is 0 Å². The van der Waals surface area contributed by atoms with Gasteiger partial charge >= 0.3 is 0 Å². The van der Waals surface area contributed by atoms with Crippen molar-refractivity contribution < 1.29 is 18.7 Å². The van der Waals surface area contributed by atoms with Crippen LogP contribution in [0.1, 0.15) is 37.0 Å². The third-order valence-electron chi connectivity index (χ3n) is 3.40. The molecular weight excluding hydrogens is 266 g/mol. The minimum Gasteiger partial charge on any atom is -0.396 e. The average Bonchev–Trinajstić information content (AvgIpc) is 2.41. The second-order valence-corrected chi connectivity index (χ2v) is 4.71. The Morgan fingerprint density at radius 1 is 1.30 bits per heavy atom. The van der Waals surface area contributed by atoms with Crippen LogP contribution in [0.25, 0.3) is 0 Å². The molecular formula is C14H20F2N2O2. The van der Waals surface area contributed by atoms with Crippen LogP contribution in [0.2, 0.25) is 0 Å². The number of nitrogens with two attached hydrogens (primary N) is 1. The van der Waals surface area contributed by atoms with Crippen LogP contribution in [-0.2, 0) is 0 Å². The van der Waals surface area contributed by atoms with Crippen molar-refractivity contribution >= 4 is 11.6 Å². The maximum atomic E-state index is 13.5. The van der Waals surface area contributed by atoms with Crippen molar-refractivity contribution in [3.8, 4) is 0 Å². The number of hydrogen-bond acceptors (Lipinski definition) is 3. The molecule has 4 nitrogen and oxygen atoms in total. The Balaban J connectivity index is 2.70. The Bertz CT molecular complexity index is 476. The lowest BCUT2D eigenvalue weighted by molar-refractivity contribution is 0.0813. The van der Waals surface area contributed by atoms with Crippen LogP contribution in [-0.4, -0.2) is 23.7 Å². The molecule has 0 fully saturated rings. The van der Waals surface area contributed by atoms with E-state index in [1.54, 1.807) is 0 Å². The summed E-state index contributed by atoms with van der Waals surface area (Å²) in [4.78, 5) is 11.8. The zero-order valence-electron chi connectivity index (χ0n) is 11.6. The number of rotatable bonds is 6. The fourth-order valence-electron chi connectivity index (χ4n) is 2.03. The van der Waals surface area contributed by atoms with Gasteiger partial charge < -0.3 is 16.2 Å². The van der Waals surface area contributed by atoms with Gasteiger partial charge in [-0.1, -0.05) is 26.7 Å². The largest absolute Gasteiger partial charge is 0.396 e. The molecule has 0 saturated carbocycles. The Morgan fingerprint density at radius 2 is 1.90 bits per heavy atom. The summed E-state index contributed by atoms with van der Waals surface area (Å²) in [6, 6.07) is 1.52. The summed E-state index contributed by atoms with van der Waals surface area (Å²) in [5.41, 5.74) is 4.68. The summed E-state index contributed by atoms with van der Waals surface area (Å²) < 4.78 is 26.5. The fourth-order valence-corrected chi connectivity index (χ4v) is 2.03. The zero-order chi connectivity index (χ0) is 15.3. The van der Waals surface area contributed by atoms with Gasteiger partial charge in [-0.2, -0.15) is 0 Å².